The summed E-state index contributed by atoms with van der Waals surface area (Å²) in [6, 6.07) is 6.21. The SMILES string of the molecule is CCNC(=NCCNS(=O)(=O)c1cccc(Cl)c1)N(C)CCC1CCOCC1. The summed E-state index contributed by atoms with van der Waals surface area (Å²) in [5.74, 6) is 1.49. The molecule has 0 amide bonds. The van der Waals surface area contributed by atoms with Crippen molar-refractivity contribution < 1.29 is 13.2 Å². The number of benzene rings is 1. The number of rotatable bonds is 9. The third-order valence-electron chi connectivity index (χ3n) is 4.68. The lowest BCUT2D eigenvalue weighted by atomic mass is 9.96. The highest BCUT2D eigenvalue weighted by atomic mass is 35.5. The van der Waals surface area contributed by atoms with Crippen LogP contribution in [-0.4, -0.2) is 65.7 Å². The summed E-state index contributed by atoms with van der Waals surface area (Å²) >= 11 is 5.87. The van der Waals surface area contributed by atoms with Gasteiger partial charge in [0.05, 0.1) is 11.4 Å². The van der Waals surface area contributed by atoms with E-state index in [4.69, 9.17) is 16.3 Å². The average molecular weight is 431 g/mol. The van der Waals surface area contributed by atoms with E-state index >= 15 is 0 Å². The molecule has 0 aromatic heterocycles. The van der Waals surface area contributed by atoms with Crippen molar-refractivity contribution in [2.24, 2.45) is 10.9 Å². The van der Waals surface area contributed by atoms with Gasteiger partial charge in [-0.25, -0.2) is 13.1 Å². The number of halogens is 1. The summed E-state index contributed by atoms with van der Waals surface area (Å²) in [7, 11) is -1.58. The summed E-state index contributed by atoms with van der Waals surface area (Å²) in [5.41, 5.74) is 0. The third-order valence-corrected chi connectivity index (χ3v) is 6.38. The lowest BCUT2D eigenvalue weighted by molar-refractivity contribution is 0.0625. The van der Waals surface area contributed by atoms with Crippen molar-refractivity contribution in [2.45, 2.75) is 31.1 Å². The van der Waals surface area contributed by atoms with Gasteiger partial charge < -0.3 is 15.0 Å². The molecule has 0 aliphatic carbocycles. The van der Waals surface area contributed by atoms with E-state index in [1.54, 1.807) is 12.1 Å². The fourth-order valence-electron chi connectivity index (χ4n) is 3.05. The smallest absolute Gasteiger partial charge is 0.240 e. The van der Waals surface area contributed by atoms with Gasteiger partial charge in [-0.1, -0.05) is 17.7 Å². The van der Waals surface area contributed by atoms with Gasteiger partial charge in [0, 0.05) is 44.9 Å². The van der Waals surface area contributed by atoms with Gasteiger partial charge in [-0.2, -0.15) is 0 Å². The summed E-state index contributed by atoms with van der Waals surface area (Å²) in [4.78, 5) is 6.80. The van der Waals surface area contributed by atoms with Gasteiger partial charge >= 0.3 is 0 Å². The minimum Gasteiger partial charge on any atom is -0.381 e. The van der Waals surface area contributed by atoms with Crippen LogP contribution in [0.2, 0.25) is 5.02 Å². The zero-order valence-corrected chi connectivity index (χ0v) is 18.2. The molecule has 7 nitrogen and oxygen atoms in total. The van der Waals surface area contributed by atoms with Crippen molar-refractivity contribution in [3.05, 3.63) is 29.3 Å². The van der Waals surface area contributed by atoms with E-state index in [1.807, 2.05) is 14.0 Å². The fourth-order valence-corrected chi connectivity index (χ4v) is 4.37. The maximum absolute atomic E-state index is 12.3. The lowest BCUT2D eigenvalue weighted by Crippen LogP contribution is -2.40. The van der Waals surface area contributed by atoms with Gasteiger partial charge in [0.25, 0.3) is 0 Å². The highest BCUT2D eigenvalue weighted by molar-refractivity contribution is 7.89. The van der Waals surface area contributed by atoms with Crippen LogP contribution in [0.4, 0.5) is 0 Å². The van der Waals surface area contributed by atoms with Gasteiger partial charge in [0.1, 0.15) is 0 Å². The van der Waals surface area contributed by atoms with Crippen molar-refractivity contribution in [3.8, 4) is 0 Å². The zero-order valence-electron chi connectivity index (χ0n) is 16.7. The number of nitrogens with zero attached hydrogens (tertiary/aromatic N) is 2. The number of nitrogens with one attached hydrogen (secondary N) is 2. The predicted octanol–water partition coefficient (Wildman–Crippen LogP) is 2.33. The summed E-state index contributed by atoms with van der Waals surface area (Å²) < 4.78 is 32.6. The van der Waals surface area contributed by atoms with Crippen molar-refractivity contribution in [1.82, 2.24) is 14.9 Å². The standard InChI is InChI=1S/C19H31ClN4O3S/c1-3-21-19(24(2)12-7-16-8-13-27-14-9-16)22-10-11-23-28(25,26)18-6-4-5-17(20)15-18/h4-6,15-16,23H,3,7-14H2,1-2H3,(H,21,22). The summed E-state index contributed by atoms with van der Waals surface area (Å²) in [5, 5.41) is 3.65. The minimum atomic E-state index is -3.59. The summed E-state index contributed by atoms with van der Waals surface area (Å²) in [6.45, 7) is 5.97. The van der Waals surface area contributed by atoms with E-state index in [9.17, 15) is 8.42 Å². The second kappa shape index (κ2) is 11.6. The number of hydrogen-bond donors (Lipinski definition) is 2. The Morgan fingerprint density at radius 3 is 2.79 bits per heavy atom. The highest BCUT2D eigenvalue weighted by Crippen LogP contribution is 2.18. The van der Waals surface area contributed by atoms with Crippen LogP contribution >= 0.6 is 11.6 Å². The van der Waals surface area contributed by atoms with E-state index in [0.29, 0.717) is 17.5 Å². The molecule has 0 bridgehead atoms. The molecular weight excluding hydrogens is 400 g/mol. The molecule has 1 heterocycles. The first-order valence-corrected chi connectivity index (χ1v) is 11.6. The van der Waals surface area contributed by atoms with E-state index in [0.717, 1.165) is 51.5 Å². The molecular formula is C19H31ClN4O3S. The second-order valence-corrected chi connectivity index (χ2v) is 9.06. The normalized spacial score (nSPS) is 16.2. The van der Waals surface area contributed by atoms with Crippen LogP contribution < -0.4 is 10.0 Å². The number of hydrogen-bond acceptors (Lipinski definition) is 4. The fraction of sp³-hybridized carbons (Fsp3) is 0.632. The predicted molar refractivity (Wildman–Crippen MR) is 113 cm³/mol. The van der Waals surface area contributed by atoms with E-state index in [2.05, 4.69) is 19.9 Å². The first-order valence-electron chi connectivity index (χ1n) is 9.75. The Morgan fingerprint density at radius 1 is 1.36 bits per heavy atom. The highest BCUT2D eigenvalue weighted by Gasteiger charge is 2.16. The van der Waals surface area contributed by atoms with Crippen molar-refractivity contribution in [3.63, 3.8) is 0 Å². The third kappa shape index (κ3) is 7.58. The number of aliphatic imine (C=N–C) groups is 1. The first-order chi connectivity index (χ1) is 13.4. The quantitative estimate of drug-likeness (QED) is 0.357. The molecule has 158 valence electrons. The number of sulfonamides is 1. The molecule has 1 saturated heterocycles. The molecule has 1 aliphatic heterocycles. The minimum absolute atomic E-state index is 0.157. The molecule has 0 spiro atoms. The van der Waals surface area contributed by atoms with Crippen LogP contribution in [0.25, 0.3) is 0 Å². The Labute approximate surface area is 173 Å². The van der Waals surface area contributed by atoms with Crippen LogP contribution in [0.15, 0.2) is 34.2 Å². The molecule has 28 heavy (non-hydrogen) atoms. The second-order valence-electron chi connectivity index (χ2n) is 6.86. The van der Waals surface area contributed by atoms with Gasteiger partial charge in [0.2, 0.25) is 10.0 Å². The van der Waals surface area contributed by atoms with Crippen molar-refractivity contribution in [2.75, 3.05) is 46.4 Å². The Morgan fingerprint density at radius 2 is 2.11 bits per heavy atom. The van der Waals surface area contributed by atoms with Crippen LogP contribution in [0.3, 0.4) is 0 Å². The lowest BCUT2D eigenvalue weighted by Gasteiger charge is -2.26. The van der Waals surface area contributed by atoms with E-state index in [-0.39, 0.29) is 11.4 Å². The van der Waals surface area contributed by atoms with Crippen LogP contribution in [0.1, 0.15) is 26.2 Å². The maximum atomic E-state index is 12.3. The Balaban J connectivity index is 1.83. The first kappa shape index (κ1) is 22.9. The number of ether oxygens (including phenoxy) is 1. The van der Waals surface area contributed by atoms with Crippen molar-refractivity contribution in [1.29, 1.82) is 0 Å². The van der Waals surface area contributed by atoms with Crippen LogP contribution in [0, 0.1) is 5.92 Å². The molecule has 2 rings (SSSR count). The van der Waals surface area contributed by atoms with E-state index < -0.39 is 10.0 Å². The van der Waals surface area contributed by atoms with Gasteiger partial charge in [0.15, 0.2) is 5.96 Å². The molecule has 1 fully saturated rings. The Bertz CT molecular complexity index is 736. The van der Waals surface area contributed by atoms with Crippen LogP contribution in [0.5, 0.6) is 0 Å². The zero-order chi connectivity index (χ0) is 20.4. The topological polar surface area (TPSA) is 83.0 Å². The molecule has 1 aromatic carbocycles. The molecule has 1 aromatic rings. The summed E-state index contributed by atoms with van der Waals surface area (Å²) in [6.07, 6.45) is 3.34. The Kier molecular flexibility index (Phi) is 9.50. The van der Waals surface area contributed by atoms with Gasteiger partial charge in [-0.3, -0.25) is 4.99 Å². The monoisotopic (exact) mass is 430 g/mol. The van der Waals surface area contributed by atoms with Crippen LogP contribution in [-0.2, 0) is 14.8 Å². The molecule has 2 N–H and O–H groups in total. The maximum Gasteiger partial charge on any atom is 0.240 e. The molecule has 0 unspecified atom stereocenters. The average Bonchev–Trinajstić information content (AvgIpc) is 2.69. The number of guanidine groups is 1. The molecule has 0 atom stereocenters. The molecule has 9 heteroatoms. The molecule has 0 saturated carbocycles. The largest absolute Gasteiger partial charge is 0.381 e. The molecule has 1 aliphatic rings. The van der Waals surface area contributed by atoms with E-state index in [1.165, 1.54) is 12.1 Å². The molecule has 0 radical (unpaired) electrons. The van der Waals surface area contributed by atoms with Gasteiger partial charge in [-0.15, -0.1) is 0 Å². The van der Waals surface area contributed by atoms with Gasteiger partial charge in [-0.05, 0) is 50.3 Å². The Hall–Kier alpha value is -1.35. The van der Waals surface area contributed by atoms with Crippen molar-refractivity contribution >= 4 is 27.6 Å².